The van der Waals surface area contributed by atoms with Crippen LogP contribution in [0.3, 0.4) is 0 Å². The molecule has 6 nitrogen and oxygen atoms in total. The van der Waals surface area contributed by atoms with Crippen molar-refractivity contribution in [2.24, 2.45) is 4.99 Å². The lowest BCUT2D eigenvalue weighted by Gasteiger charge is -2.01. The van der Waals surface area contributed by atoms with Gasteiger partial charge in [0.15, 0.2) is 0 Å². The second-order valence-corrected chi connectivity index (χ2v) is 2.72. The summed E-state index contributed by atoms with van der Waals surface area (Å²) in [6.07, 6.45) is 5.04. The third-order valence-corrected chi connectivity index (χ3v) is 0.812. The number of aliphatic imine (C=N–C) groups is 1. The summed E-state index contributed by atoms with van der Waals surface area (Å²) in [6, 6.07) is 0. The van der Waals surface area contributed by atoms with Gasteiger partial charge in [0, 0.05) is 0 Å². The van der Waals surface area contributed by atoms with Crippen LogP contribution in [0.5, 0.6) is 0 Å². The van der Waals surface area contributed by atoms with Gasteiger partial charge in [-0.3, -0.25) is 9.11 Å². The summed E-state index contributed by atoms with van der Waals surface area (Å²) in [5.41, 5.74) is 0. The van der Waals surface area contributed by atoms with Gasteiger partial charge in [-0.1, -0.05) is 6.58 Å². The van der Waals surface area contributed by atoms with Crippen molar-refractivity contribution in [1.82, 2.24) is 0 Å². The molecule has 7 heteroatoms. The van der Waals surface area contributed by atoms with Gasteiger partial charge in [0.1, 0.15) is 0 Å². The summed E-state index contributed by atoms with van der Waals surface area (Å²) in [6.45, 7) is 4.20. The third kappa shape index (κ3) is 10.8. The molecule has 2 N–H and O–H groups in total. The van der Waals surface area contributed by atoms with Crippen molar-refractivity contribution in [3.63, 3.8) is 0 Å². The first-order valence-electron chi connectivity index (χ1n) is 3.12. The highest BCUT2D eigenvalue weighted by Gasteiger charge is 1.92. The van der Waals surface area contributed by atoms with Crippen LogP contribution < -0.4 is 0 Å². The topological polar surface area (TPSA) is 96.2 Å². The molecule has 0 aliphatic carbocycles. The molecule has 1 rings (SSSR count). The molecule has 0 radical (unpaired) electrons. The molecule has 0 atom stereocenters. The van der Waals surface area contributed by atoms with Crippen LogP contribution in [-0.4, -0.2) is 30.0 Å². The van der Waals surface area contributed by atoms with E-state index in [0.29, 0.717) is 12.4 Å². The Balaban J connectivity index is 0.000000252. The van der Waals surface area contributed by atoms with Crippen molar-refractivity contribution in [3.05, 3.63) is 25.0 Å². The summed E-state index contributed by atoms with van der Waals surface area (Å²) in [7, 11) is -4.67. The normalized spacial score (nSPS) is 14.8. The maximum absolute atomic E-state index is 8.74. The Morgan fingerprint density at radius 1 is 1.62 bits per heavy atom. The highest BCUT2D eigenvalue weighted by atomic mass is 32.3. The highest BCUT2D eigenvalue weighted by Crippen LogP contribution is 1.92. The van der Waals surface area contributed by atoms with Crippen LogP contribution in [0.1, 0.15) is 0 Å². The quantitative estimate of drug-likeness (QED) is 0.609. The van der Waals surface area contributed by atoms with E-state index in [1.807, 2.05) is 6.08 Å². The molecule has 0 aromatic carbocycles. The lowest BCUT2D eigenvalue weighted by atomic mass is 10.5. The summed E-state index contributed by atoms with van der Waals surface area (Å²) < 4.78 is 36.5. The van der Waals surface area contributed by atoms with Crippen LogP contribution in [0.2, 0.25) is 0 Å². The van der Waals surface area contributed by atoms with Crippen molar-refractivity contribution in [1.29, 1.82) is 0 Å². The number of nitrogens with zero attached hydrogens (tertiary/aromatic N) is 1. The lowest BCUT2D eigenvalue weighted by molar-refractivity contribution is 0.381. The third-order valence-electron chi connectivity index (χ3n) is 0.812. The summed E-state index contributed by atoms with van der Waals surface area (Å²) in [5.74, 6) is 0.604. The molecule has 1 aliphatic heterocycles. The molecule has 0 saturated heterocycles. The van der Waals surface area contributed by atoms with Crippen LogP contribution in [0, 0.1) is 0 Å². The molecule has 1 aliphatic rings. The molecule has 0 amide bonds. The van der Waals surface area contributed by atoms with E-state index in [1.165, 1.54) is 0 Å². The Bertz CT molecular complexity index is 308. The minimum atomic E-state index is -4.67. The van der Waals surface area contributed by atoms with Gasteiger partial charge < -0.3 is 4.74 Å². The number of hydrogen-bond acceptors (Lipinski definition) is 4. The Morgan fingerprint density at radius 3 is 2.38 bits per heavy atom. The van der Waals surface area contributed by atoms with Crippen LogP contribution in [0.15, 0.2) is 30.0 Å². The monoisotopic (exact) mass is 207 g/mol. The summed E-state index contributed by atoms with van der Waals surface area (Å²) >= 11 is 0. The predicted octanol–water partition coefficient (Wildman–Crippen LogP) is 0.462. The smallest absolute Gasteiger partial charge is 0.394 e. The average molecular weight is 207 g/mol. The number of rotatable bonds is 1. The van der Waals surface area contributed by atoms with E-state index in [0.717, 1.165) is 0 Å². The van der Waals surface area contributed by atoms with Gasteiger partial charge in [-0.2, -0.15) is 8.42 Å². The van der Waals surface area contributed by atoms with E-state index < -0.39 is 10.4 Å². The van der Waals surface area contributed by atoms with Crippen LogP contribution >= 0.6 is 0 Å². The standard InChI is InChI=1S/C6H7NO.H2O4S/c1-2-6-7-4-3-5-8-6;1-5(2,3)4/h2-3,5H,1,4H2;(H2,1,2,3,4). The molecular weight excluding hydrogens is 198 g/mol. The van der Waals surface area contributed by atoms with E-state index >= 15 is 0 Å². The van der Waals surface area contributed by atoms with Crippen LogP contribution in [0.25, 0.3) is 0 Å². The fourth-order valence-corrected chi connectivity index (χ4v) is 0.453. The molecular formula is C6H9NO5S. The van der Waals surface area contributed by atoms with Crippen LogP contribution in [0.4, 0.5) is 0 Å². The number of ether oxygens (including phenoxy) is 1. The Kier molecular flexibility index (Phi) is 4.97. The minimum absolute atomic E-state index is 0.604. The van der Waals surface area contributed by atoms with Gasteiger partial charge in [-0.05, 0) is 12.2 Å². The number of hydrogen-bond donors (Lipinski definition) is 2. The largest absolute Gasteiger partial charge is 0.447 e. The Hall–Kier alpha value is -1.18. The van der Waals surface area contributed by atoms with Crippen molar-refractivity contribution < 1.29 is 22.3 Å². The van der Waals surface area contributed by atoms with E-state index in [2.05, 4.69) is 11.6 Å². The predicted molar refractivity (Wildman–Crippen MR) is 46.9 cm³/mol. The van der Waals surface area contributed by atoms with Crippen molar-refractivity contribution >= 4 is 16.3 Å². The van der Waals surface area contributed by atoms with Crippen molar-refractivity contribution in [2.45, 2.75) is 0 Å². The molecule has 0 saturated carbocycles. The van der Waals surface area contributed by atoms with Gasteiger partial charge in [0.2, 0.25) is 5.90 Å². The molecule has 74 valence electrons. The van der Waals surface area contributed by atoms with Crippen molar-refractivity contribution in [3.8, 4) is 0 Å². The van der Waals surface area contributed by atoms with Gasteiger partial charge >= 0.3 is 10.4 Å². The summed E-state index contributed by atoms with van der Waals surface area (Å²) in [5, 5.41) is 0. The zero-order valence-electron chi connectivity index (χ0n) is 6.62. The SMILES string of the molecule is C=CC1=NCC=CO1.O=S(=O)(O)O. The van der Waals surface area contributed by atoms with Gasteiger partial charge in [-0.15, -0.1) is 0 Å². The fraction of sp³-hybridized carbons (Fsp3) is 0.167. The van der Waals surface area contributed by atoms with Gasteiger partial charge in [-0.25, -0.2) is 4.99 Å². The van der Waals surface area contributed by atoms with Gasteiger partial charge in [0.05, 0.1) is 12.8 Å². The minimum Gasteiger partial charge on any atom is -0.447 e. The maximum Gasteiger partial charge on any atom is 0.394 e. The van der Waals surface area contributed by atoms with Crippen LogP contribution in [-0.2, 0) is 15.1 Å². The van der Waals surface area contributed by atoms with E-state index in [9.17, 15) is 0 Å². The van der Waals surface area contributed by atoms with Gasteiger partial charge in [0.25, 0.3) is 0 Å². The molecule has 13 heavy (non-hydrogen) atoms. The second kappa shape index (κ2) is 5.46. The molecule has 0 spiro atoms. The molecule has 1 heterocycles. The molecule has 0 fully saturated rings. The molecule has 0 bridgehead atoms. The van der Waals surface area contributed by atoms with E-state index in [4.69, 9.17) is 22.3 Å². The highest BCUT2D eigenvalue weighted by molar-refractivity contribution is 7.79. The van der Waals surface area contributed by atoms with E-state index in [-0.39, 0.29) is 0 Å². The Labute approximate surface area is 75.8 Å². The first-order chi connectivity index (χ1) is 5.93. The van der Waals surface area contributed by atoms with Crippen molar-refractivity contribution in [2.75, 3.05) is 6.54 Å². The summed E-state index contributed by atoms with van der Waals surface area (Å²) in [4.78, 5) is 3.94. The Morgan fingerprint density at radius 2 is 2.15 bits per heavy atom. The van der Waals surface area contributed by atoms with E-state index in [1.54, 1.807) is 12.3 Å². The first-order valence-corrected chi connectivity index (χ1v) is 4.51. The molecule has 0 unspecified atom stereocenters. The molecule has 0 aromatic rings. The fourth-order valence-electron chi connectivity index (χ4n) is 0.453. The average Bonchev–Trinajstić information content (AvgIpc) is 2.03. The zero-order chi connectivity index (χ0) is 10.3. The second-order valence-electron chi connectivity index (χ2n) is 1.82. The lowest BCUT2D eigenvalue weighted by Crippen LogP contribution is -1.99. The first kappa shape index (κ1) is 11.8. The zero-order valence-corrected chi connectivity index (χ0v) is 7.44. The maximum atomic E-state index is 8.74. The molecule has 0 aromatic heterocycles.